The Morgan fingerprint density at radius 1 is 0.406 bits per heavy atom. The van der Waals surface area contributed by atoms with E-state index < -0.39 is 225 Å². The molecule has 43 nitrogen and oxygen atoms in total. The average molecular weight is 2180 g/mol. The maximum Gasteiger partial charge on any atom is 1.00 e. The van der Waals surface area contributed by atoms with Gasteiger partial charge in [0.1, 0.15) is 97.7 Å². The summed E-state index contributed by atoms with van der Waals surface area (Å²) in [5.74, 6) is -4.34. The zero-order chi connectivity index (χ0) is 96.6. The van der Waals surface area contributed by atoms with Gasteiger partial charge in [0.05, 0.1) is 71.4 Å². The van der Waals surface area contributed by atoms with E-state index in [-0.39, 0.29) is 277 Å². The zero-order valence-electron chi connectivity index (χ0n) is 80.2. The van der Waals surface area contributed by atoms with Crippen LogP contribution in [-0.2, 0) is 202 Å². The Bertz CT molecular complexity index is 5040. The third kappa shape index (κ3) is 34.5. The number of carboxylic acids is 2. The van der Waals surface area contributed by atoms with Crippen molar-refractivity contribution in [1.29, 1.82) is 0 Å². The van der Waals surface area contributed by atoms with Crippen molar-refractivity contribution < 1.29 is 407 Å². The number of rotatable bonds is 52. The third-order valence-corrected chi connectivity index (χ3v) is 30.2. The van der Waals surface area contributed by atoms with E-state index in [9.17, 15) is 61.5 Å². The molecule has 7 aliphatic heterocycles. The molecule has 56 heteroatoms. The Morgan fingerprint density at radius 2 is 0.748 bits per heavy atom. The summed E-state index contributed by atoms with van der Waals surface area (Å²) in [4.78, 5) is 29.4. The van der Waals surface area contributed by atoms with E-state index in [1.807, 2.05) is 81.4 Å². The van der Waals surface area contributed by atoms with Gasteiger partial charge in [-0.1, -0.05) is 246 Å². The molecule has 0 saturated carbocycles. The van der Waals surface area contributed by atoms with Crippen LogP contribution < -0.4 is 243 Å². The topological polar surface area (TPSA) is 541 Å². The number of ether oxygens (including phenoxy) is 18. The fourth-order valence-corrected chi connectivity index (χ4v) is 23.2. The molecule has 7 saturated heterocycles. The Morgan fingerprint density at radius 3 is 1.13 bits per heavy atom. The number of carbonyl (C=O) groups excluding carboxylic acids is 2. The third-order valence-electron chi connectivity index (χ3n) is 23.1. The summed E-state index contributed by atoms with van der Waals surface area (Å²) in [5.41, 5.74) is -3.53. The molecule has 7 fully saturated rings. The number of carboxylic acid groups (broad SMARTS) is 2. The molecule has 10 unspecified atom stereocenters. The van der Waals surface area contributed by atoms with E-state index >= 15 is 0 Å². The SMILES string of the molecule is C=CC1(C(=O)[O-])O[C@@H](O[C@H]2C(COS(=O)(=O)[O-])O[C@@H](O[C@@H]3[C@H](OC)C4OCC3(C(=O)[O-])O[C@@H]4O[C@H]3C(CO[Si](c4ccccc4)(c4ccccc4)C(C)(C)C)O[C@@H](OC)C(OSOO[O-])[C@@H]3OCc3ccccc3)C(OSOO[O-])[C@H]2OSOO[O-])C(OCc2ccccc2)[C@@H](OC)[C@H]1O[C@@H]1OC(COS(=O)(=O)[O-])[C@H](OCc2ccccc2)[C@H](OCc2ccccc2)C1OCc1ccccc1.[Na+].[Na+].[Na+].[Na+].[Na+].[Na+].[Na+]. The maximum absolute atomic E-state index is 14.8. The zero-order valence-corrected chi connectivity index (χ0v) is 99.3. The maximum atomic E-state index is 14.8. The fraction of sp³-hybridized carbons (Fsp3) is 0.471. The molecule has 7 heterocycles. The Kier molecular flexibility index (Phi) is 58.9. The van der Waals surface area contributed by atoms with E-state index in [1.54, 1.807) is 152 Å². The monoisotopic (exact) mass is 2180 g/mol. The van der Waals surface area contributed by atoms with Gasteiger partial charge in [-0.25, -0.2) is 16.8 Å². The van der Waals surface area contributed by atoms with E-state index in [4.69, 9.17) is 111 Å². The van der Waals surface area contributed by atoms with E-state index in [2.05, 4.69) is 34.7 Å². The summed E-state index contributed by atoms with van der Waals surface area (Å²) in [6.07, 6.45) is -43.2. The Hall–Kier alpha value is -0.0131. The van der Waals surface area contributed by atoms with Crippen molar-refractivity contribution in [2.75, 3.05) is 47.8 Å². The van der Waals surface area contributed by atoms with Gasteiger partial charge in [0.2, 0.25) is 20.8 Å². The van der Waals surface area contributed by atoms with Crippen molar-refractivity contribution in [3.05, 3.63) is 253 Å². The van der Waals surface area contributed by atoms with Gasteiger partial charge in [-0.05, 0) is 43.2 Å². The fourth-order valence-electron chi connectivity index (χ4n) is 17.0. The minimum absolute atomic E-state index is 0. The van der Waals surface area contributed by atoms with E-state index in [0.29, 0.717) is 33.9 Å². The Balaban J connectivity index is 0.00000447. The van der Waals surface area contributed by atoms with Crippen LogP contribution in [0, 0.1) is 0 Å². The molecule has 0 spiro atoms. The molecule has 2 bridgehead atoms. The van der Waals surface area contributed by atoms with E-state index in [1.165, 1.54) is 7.11 Å². The van der Waals surface area contributed by atoms with Crippen molar-refractivity contribution in [3.63, 3.8) is 0 Å². The first-order valence-electron chi connectivity index (χ1n) is 41.9. The van der Waals surface area contributed by atoms with Gasteiger partial charge in [-0.3, -0.25) is 36.0 Å². The number of fused-ring (bicyclic) bond motifs is 3. The summed E-state index contributed by atoms with van der Waals surface area (Å²) in [7, 11) is -11.6. The van der Waals surface area contributed by atoms with Crippen LogP contribution in [0.3, 0.4) is 0 Å². The second-order valence-corrected chi connectivity index (χ2v) is 40.1. The van der Waals surface area contributed by atoms with Crippen LogP contribution in [0.2, 0.25) is 5.04 Å². The summed E-state index contributed by atoms with van der Waals surface area (Å²) in [5, 5.41) is 76.5. The summed E-state index contributed by atoms with van der Waals surface area (Å²) < 4.78 is 245. The molecule has 7 aromatic rings. The molecule has 0 amide bonds. The smallest absolute Gasteiger partial charge is 0.726 e. The van der Waals surface area contributed by atoms with Gasteiger partial charge in [-0.2, -0.15) is 0 Å². The number of methoxy groups -OCH3 is 3. The second-order valence-electron chi connectivity index (χ2n) is 32.3. The number of aliphatic carboxylic acids is 2. The average Bonchev–Trinajstić information content (AvgIpc) is 0.715. The van der Waals surface area contributed by atoms with Crippen molar-refractivity contribution in [2.24, 2.45) is 0 Å². The summed E-state index contributed by atoms with van der Waals surface area (Å²) in [6.45, 7) is 4.50. The predicted molar refractivity (Wildman–Crippen MR) is 453 cm³/mol. The van der Waals surface area contributed by atoms with Crippen molar-refractivity contribution in [1.82, 2.24) is 0 Å². The normalized spacial score (nSPS) is 29.0. The van der Waals surface area contributed by atoms with Crippen LogP contribution in [0.25, 0.3) is 0 Å². The molecular weight excluding hydrogens is 2080 g/mol. The molecule has 0 aromatic heterocycles. The van der Waals surface area contributed by atoms with Gasteiger partial charge < -0.3 is 134 Å². The number of hydrogen-bond donors (Lipinski definition) is 0. The van der Waals surface area contributed by atoms with Crippen LogP contribution in [0.15, 0.2) is 225 Å². The summed E-state index contributed by atoms with van der Waals surface area (Å²) >= 11 is -0.564. The van der Waals surface area contributed by atoms with Crippen LogP contribution in [0.5, 0.6) is 0 Å². The molecule has 0 N–H and O–H groups in total. The van der Waals surface area contributed by atoms with Gasteiger partial charge in [0, 0.05) is 21.3 Å². The van der Waals surface area contributed by atoms with Gasteiger partial charge >= 0.3 is 207 Å². The van der Waals surface area contributed by atoms with Crippen molar-refractivity contribution >= 4 is 88.4 Å². The Labute approximate surface area is 994 Å². The largest absolute Gasteiger partial charge is 1.00 e. The molecule has 0 aliphatic carbocycles. The van der Waals surface area contributed by atoms with Crippen LogP contribution >= 0.6 is 37.0 Å². The van der Waals surface area contributed by atoms with Crippen LogP contribution in [-0.4, -0.2) is 246 Å². The molecular formula is C87H97Na7O43S5Si. The standard InChI is InChI=1S/C87H104O43S5Si.7Na/c1-8-86(83(88)89)76(118-79-71(107-47-56-36-22-12-23-37-56)66(105-45-54-32-18-10-19-33-54)63(60(114-79)49-110-134(95,96)97)104-44-53-30-16-9-17-31-53)69(101-5)72(108-48-57-38-24-13-25-39-57)81(120-86)117-65-61(50-111-135(98,99)100)115-80(75(124-133-130-127-94)68(65)122-131-128-125-92)119-77-70(102-6)73-82(121-87(77,52-109-73)84(90)91)116-64-62(51-112-136(85(2,3)4,58-40-26-14-27-41-58)59-42-28-15-29-43-59)113-78(103-7)74(123-132-129-126-93)67(64)106-46-55-34-20-11-21-35-55;;;;;;;/h8-43,60-82,92-94H,1,44-52H2,2-7H3,(H,88,89)(H,90,91)(H,95,96,97)(H,98,99,100);;;;;;;/q;7*+1/p-7/t60?,61?,62?,63-,64-,65-,66-,67+,68-,69+,70+,71?,72?,73?,74?,75?,76+,77+,78+,79-,80-,81+,82-,86?,87?;;;;;;;/m0......./s1. The minimum Gasteiger partial charge on any atom is -0.726 e. The summed E-state index contributed by atoms with van der Waals surface area (Å²) in [6, 6.07) is 61.8. The number of carbonyl (C=O) groups is 2. The second kappa shape index (κ2) is 64.0. The first-order valence-corrected chi connectivity index (χ1v) is 48.5. The van der Waals surface area contributed by atoms with Crippen molar-refractivity contribution in [2.45, 2.75) is 211 Å². The van der Waals surface area contributed by atoms with Crippen molar-refractivity contribution in [3.8, 4) is 0 Å². The predicted octanol–water partition coefficient (Wildman–Crippen LogP) is -19.3. The molecule has 7 aliphatic rings. The number of benzene rings is 7. The quantitative estimate of drug-likeness (QED) is 0.00499. The molecule has 25 atom stereocenters. The molecule has 744 valence electrons. The van der Waals surface area contributed by atoms with Gasteiger partial charge in [0.15, 0.2) is 91.8 Å². The molecule has 14 rings (SSSR count). The van der Waals surface area contributed by atoms with Gasteiger partial charge in [0.25, 0.3) is 8.32 Å². The van der Waals surface area contributed by atoms with Crippen LogP contribution in [0.4, 0.5) is 0 Å². The molecule has 7 aromatic carbocycles. The minimum atomic E-state index is -5.91. The van der Waals surface area contributed by atoms with E-state index in [0.717, 1.165) is 24.6 Å². The first-order chi connectivity index (χ1) is 65.6. The first kappa shape index (κ1) is 132. The molecule has 143 heavy (non-hydrogen) atoms. The molecule has 0 radical (unpaired) electrons. The number of hydrogen-bond acceptors (Lipinski definition) is 46. The van der Waals surface area contributed by atoms with Crippen LogP contribution in [0.1, 0.15) is 48.6 Å². The van der Waals surface area contributed by atoms with Gasteiger partial charge in [-0.15, -0.1) is 13.0 Å².